The number of piperidine rings is 1. The first-order valence-corrected chi connectivity index (χ1v) is 13.7. The molecule has 0 bridgehead atoms. The van der Waals surface area contributed by atoms with Crippen molar-refractivity contribution < 1.29 is 22.5 Å². The van der Waals surface area contributed by atoms with E-state index >= 15 is 0 Å². The van der Waals surface area contributed by atoms with Gasteiger partial charge in [-0.2, -0.15) is 18.2 Å². The second-order valence-electron chi connectivity index (χ2n) is 11.9. The molecule has 1 fully saturated rings. The average Bonchev–Trinajstić information content (AvgIpc) is 3.63. The standard InChI is InChI=1S/C29H36F3N7O2/c1-18-15-37(5)11-10-21(18)34-22-7-6-8-23-20(22)13-24(39(23)17-29(30,31)32)26-35-25(41-36-26)14-33-27(40)19-9-12-38(16-19)28(2,3)4/h6-9,12-13,16,18,21,34H,10-11,14-15,17H2,1-5H3,(H,33,40)/t18-,21+/m0/s1. The van der Waals surface area contributed by atoms with Crippen LogP contribution in [0.5, 0.6) is 0 Å². The summed E-state index contributed by atoms with van der Waals surface area (Å²) in [5, 5.41) is 10.9. The minimum absolute atomic E-state index is 0.0205. The Labute approximate surface area is 236 Å². The van der Waals surface area contributed by atoms with Crippen molar-refractivity contribution in [2.45, 2.75) is 65.0 Å². The molecule has 0 spiro atoms. The second kappa shape index (κ2) is 10.9. The lowest BCUT2D eigenvalue weighted by molar-refractivity contribution is -0.139. The molecule has 3 aromatic heterocycles. The molecule has 0 saturated carbocycles. The quantitative estimate of drug-likeness (QED) is 0.305. The van der Waals surface area contributed by atoms with E-state index in [1.165, 1.54) is 4.57 Å². The molecule has 0 unspecified atom stereocenters. The van der Waals surface area contributed by atoms with Crippen LogP contribution in [0.25, 0.3) is 22.4 Å². The maximum absolute atomic E-state index is 13.7. The summed E-state index contributed by atoms with van der Waals surface area (Å²) in [5.74, 6) is 0.165. The predicted octanol–water partition coefficient (Wildman–Crippen LogP) is 5.49. The van der Waals surface area contributed by atoms with E-state index in [1.54, 1.807) is 30.5 Å². The zero-order valence-electron chi connectivity index (χ0n) is 23.9. The van der Waals surface area contributed by atoms with Crippen molar-refractivity contribution in [3.8, 4) is 11.5 Å². The van der Waals surface area contributed by atoms with Crippen molar-refractivity contribution in [3.05, 3.63) is 54.2 Å². The summed E-state index contributed by atoms with van der Waals surface area (Å²) in [6.45, 7) is 8.88. The minimum Gasteiger partial charge on any atom is -0.381 e. The number of hydrogen-bond acceptors (Lipinski definition) is 6. The number of rotatable bonds is 7. The van der Waals surface area contributed by atoms with Gasteiger partial charge in [0.25, 0.3) is 5.91 Å². The third-order valence-corrected chi connectivity index (χ3v) is 7.56. The molecule has 0 radical (unpaired) electrons. The lowest BCUT2D eigenvalue weighted by Gasteiger charge is -2.36. The van der Waals surface area contributed by atoms with Gasteiger partial charge < -0.3 is 29.2 Å². The Morgan fingerprint density at radius 3 is 2.66 bits per heavy atom. The molecule has 220 valence electrons. The largest absolute Gasteiger partial charge is 0.406 e. The number of fused-ring (bicyclic) bond motifs is 1. The molecule has 1 aliphatic heterocycles. The maximum atomic E-state index is 13.7. The van der Waals surface area contributed by atoms with Crippen LogP contribution in [0.2, 0.25) is 0 Å². The van der Waals surface area contributed by atoms with E-state index in [0.717, 1.165) is 25.2 Å². The van der Waals surface area contributed by atoms with Crippen molar-refractivity contribution >= 4 is 22.5 Å². The molecular formula is C29H36F3N7O2. The fourth-order valence-electron chi connectivity index (χ4n) is 5.35. The number of carbonyl (C=O) groups is 1. The monoisotopic (exact) mass is 571 g/mol. The molecule has 5 rings (SSSR count). The van der Waals surface area contributed by atoms with E-state index in [9.17, 15) is 18.0 Å². The lowest BCUT2D eigenvalue weighted by Crippen LogP contribution is -2.43. The molecule has 4 aromatic rings. The van der Waals surface area contributed by atoms with Crippen LogP contribution < -0.4 is 10.6 Å². The van der Waals surface area contributed by atoms with Gasteiger partial charge >= 0.3 is 6.18 Å². The first-order chi connectivity index (χ1) is 19.3. The Bertz CT molecular complexity index is 1530. The van der Waals surface area contributed by atoms with Gasteiger partial charge in [0.05, 0.1) is 23.3 Å². The molecule has 0 aliphatic carbocycles. The SMILES string of the molecule is C[C@H]1CN(C)CC[C@H]1Nc1cccc2c1cc(-c1noc(CNC(=O)c3ccn(C(C)(C)C)c3)n1)n2CC(F)(F)F. The summed E-state index contributed by atoms with van der Waals surface area (Å²) < 4.78 is 49.5. The molecule has 1 amide bonds. The van der Waals surface area contributed by atoms with Crippen LogP contribution in [0.3, 0.4) is 0 Å². The summed E-state index contributed by atoms with van der Waals surface area (Å²) in [4.78, 5) is 19.3. The first-order valence-electron chi connectivity index (χ1n) is 13.7. The molecule has 4 heterocycles. The minimum atomic E-state index is -4.46. The Morgan fingerprint density at radius 2 is 1.98 bits per heavy atom. The van der Waals surface area contributed by atoms with Gasteiger partial charge in [0, 0.05) is 41.6 Å². The fraction of sp³-hybridized carbons (Fsp3) is 0.483. The number of hydrogen-bond donors (Lipinski definition) is 2. The molecule has 12 heteroatoms. The third-order valence-electron chi connectivity index (χ3n) is 7.56. The van der Waals surface area contributed by atoms with Gasteiger partial charge in [-0.25, -0.2) is 0 Å². The number of amides is 1. The van der Waals surface area contributed by atoms with Gasteiger partial charge in [0.15, 0.2) is 0 Å². The molecule has 2 atom stereocenters. The smallest absolute Gasteiger partial charge is 0.381 e. The van der Waals surface area contributed by atoms with Crippen molar-refractivity contribution in [2.24, 2.45) is 5.92 Å². The summed E-state index contributed by atoms with van der Waals surface area (Å²) in [7, 11) is 2.09. The molecule has 2 N–H and O–H groups in total. The van der Waals surface area contributed by atoms with Crippen LogP contribution in [0.15, 0.2) is 47.2 Å². The first kappa shape index (κ1) is 28.7. The zero-order chi connectivity index (χ0) is 29.5. The Morgan fingerprint density at radius 1 is 1.20 bits per heavy atom. The molecule has 41 heavy (non-hydrogen) atoms. The van der Waals surface area contributed by atoms with E-state index in [0.29, 0.717) is 22.4 Å². The molecular weight excluding hydrogens is 535 g/mol. The molecule has 9 nitrogen and oxygen atoms in total. The number of nitrogens with one attached hydrogen (secondary N) is 2. The fourth-order valence-corrected chi connectivity index (χ4v) is 5.35. The van der Waals surface area contributed by atoms with Crippen LogP contribution >= 0.6 is 0 Å². The molecule has 1 aromatic carbocycles. The van der Waals surface area contributed by atoms with Crippen LogP contribution in [0, 0.1) is 5.92 Å². The number of anilines is 1. The van der Waals surface area contributed by atoms with Crippen LogP contribution in [0.4, 0.5) is 18.9 Å². The highest BCUT2D eigenvalue weighted by atomic mass is 19.4. The topological polar surface area (TPSA) is 93.2 Å². The Kier molecular flexibility index (Phi) is 7.62. The second-order valence-corrected chi connectivity index (χ2v) is 11.9. The number of likely N-dealkylation sites (tertiary alicyclic amines) is 1. The normalized spacial score (nSPS) is 18.6. The van der Waals surface area contributed by atoms with E-state index in [-0.39, 0.29) is 41.4 Å². The van der Waals surface area contributed by atoms with Crippen LogP contribution in [-0.2, 0) is 18.6 Å². The average molecular weight is 572 g/mol. The number of halogens is 3. The predicted molar refractivity (Wildman–Crippen MR) is 151 cm³/mol. The summed E-state index contributed by atoms with van der Waals surface area (Å²) in [6, 6.07) is 8.90. The lowest BCUT2D eigenvalue weighted by atomic mass is 9.94. The molecule has 1 saturated heterocycles. The highest BCUT2D eigenvalue weighted by molar-refractivity contribution is 5.96. The maximum Gasteiger partial charge on any atom is 0.406 e. The summed E-state index contributed by atoms with van der Waals surface area (Å²) in [6.07, 6.45) is 0.0550. The van der Waals surface area contributed by atoms with E-state index < -0.39 is 12.7 Å². The number of nitrogens with zero attached hydrogens (tertiary/aromatic N) is 5. The van der Waals surface area contributed by atoms with Crippen molar-refractivity contribution in [3.63, 3.8) is 0 Å². The summed E-state index contributed by atoms with van der Waals surface area (Å²) in [5.41, 5.74) is 1.68. The van der Waals surface area contributed by atoms with Crippen molar-refractivity contribution in [1.29, 1.82) is 0 Å². The van der Waals surface area contributed by atoms with E-state index in [1.807, 2.05) is 37.6 Å². The number of alkyl halides is 3. The van der Waals surface area contributed by atoms with E-state index in [2.05, 4.69) is 39.6 Å². The van der Waals surface area contributed by atoms with Gasteiger partial charge in [0.2, 0.25) is 11.7 Å². The van der Waals surface area contributed by atoms with Crippen LogP contribution in [-0.4, -0.2) is 62.4 Å². The van der Waals surface area contributed by atoms with Gasteiger partial charge in [-0.3, -0.25) is 4.79 Å². The highest BCUT2D eigenvalue weighted by Crippen LogP contribution is 2.35. The van der Waals surface area contributed by atoms with Crippen molar-refractivity contribution in [2.75, 3.05) is 25.5 Å². The zero-order valence-corrected chi connectivity index (χ0v) is 23.9. The van der Waals surface area contributed by atoms with Gasteiger partial charge in [-0.1, -0.05) is 18.1 Å². The van der Waals surface area contributed by atoms with Crippen molar-refractivity contribution in [1.82, 2.24) is 29.5 Å². The van der Waals surface area contributed by atoms with Crippen LogP contribution in [0.1, 0.15) is 50.4 Å². The highest BCUT2D eigenvalue weighted by Gasteiger charge is 2.32. The molecule has 1 aliphatic rings. The van der Waals surface area contributed by atoms with E-state index in [4.69, 9.17) is 4.52 Å². The third kappa shape index (κ3) is 6.42. The number of carbonyl (C=O) groups excluding carboxylic acids is 1. The number of aromatic nitrogens is 4. The number of benzene rings is 1. The van der Waals surface area contributed by atoms with Gasteiger partial charge in [-0.15, -0.1) is 0 Å². The van der Waals surface area contributed by atoms with Gasteiger partial charge in [-0.05, 0) is 71.0 Å². The van der Waals surface area contributed by atoms with Gasteiger partial charge in [0.1, 0.15) is 6.54 Å². The summed E-state index contributed by atoms with van der Waals surface area (Å²) >= 11 is 0. The Hall–Kier alpha value is -3.80. The Balaban J connectivity index is 1.40.